The maximum atomic E-state index is 12.9. The molecule has 0 aliphatic carbocycles. The van der Waals surface area contributed by atoms with Crippen LogP contribution >= 0.6 is 22.7 Å². The van der Waals surface area contributed by atoms with Crippen LogP contribution in [0, 0.1) is 12.8 Å². The zero-order valence-electron chi connectivity index (χ0n) is 16.9. The Balaban J connectivity index is 1.37. The average molecular weight is 442 g/mol. The van der Waals surface area contributed by atoms with Gasteiger partial charge in [0.25, 0.3) is 5.91 Å². The van der Waals surface area contributed by atoms with Gasteiger partial charge in [-0.2, -0.15) is 0 Å². The third-order valence-corrected chi connectivity index (χ3v) is 6.98. The maximum absolute atomic E-state index is 12.9. The molecule has 1 fully saturated rings. The fourth-order valence-corrected chi connectivity index (χ4v) is 5.00. The molecule has 3 aromatic rings. The number of rotatable bonds is 5. The number of nitrogens with one attached hydrogen (secondary N) is 1. The van der Waals surface area contributed by atoms with Crippen molar-refractivity contribution in [1.82, 2.24) is 25.2 Å². The molecule has 4 heterocycles. The normalized spacial score (nSPS) is 18.9. The first-order valence-electron chi connectivity index (χ1n) is 9.88. The highest BCUT2D eigenvalue weighted by Gasteiger charge is 2.36. The molecule has 7 nitrogen and oxygen atoms in total. The summed E-state index contributed by atoms with van der Waals surface area (Å²) < 4.78 is 0. The Hall–Kier alpha value is -2.65. The van der Waals surface area contributed by atoms with Crippen molar-refractivity contribution in [1.29, 1.82) is 0 Å². The number of aromatic nitrogens is 3. The second-order valence-corrected chi connectivity index (χ2v) is 9.19. The second-order valence-electron chi connectivity index (χ2n) is 7.36. The number of thiazole rings is 2. The summed E-state index contributed by atoms with van der Waals surface area (Å²) in [5.74, 6) is -0.359. The smallest absolute Gasteiger partial charge is 0.283 e. The fraction of sp³-hybridized carbons (Fsp3) is 0.381. The summed E-state index contributed by atoms with van der Waals surface area (Å²) >= 11 is 2.85. The fourth-order valence-electron chi connectivity index (χ4n) is 3.67. The number of hydrogen-bond acceptors (Lipinski definition) is 7. The van der Waals surface area contributed by atoms with Gasteiger partial charge in [-0.15, -0.1) is 22.7 Å². The first-order chi connectivity index (χ1) is 14.5. The van der Waals surface area contributed by atoms with E-state index in [1.807, 2.05) is 37.6 Å². The van der Waals surface area contributed by atoms with Gasteiger partial charge in [-0.05, 0) is 38.8 Å². The second kappa shape index (κ2) is 9.01. The van der Waals surface area contributed by atoms with Gasteiger partial charge in [-0.25, -0.2) is 9.97 Å². The van der Waals surface area contributed by atoms with Gasteiger partial charge in [0, 0.05) is 47.0 Å². The SMILES string of the molecule is Cc1ccc(-c2csc(CNC(=O)[C@H]3CCCN(C(=O)c4nccs4)[C@H]3C)n2)cn1. The summed E-state index contributed by atoms with van der Waals surface area (Å²) in [4.78, 5) is 40.4. The molecule has 0 radical (unpaired) electrons. The van der Waals surface area contributed by atoms with E-state index in [-0.39, 0.29) is 23.8 Å². The number of nitrogens with zero attached hydrogens (tertiary/aromatic N) is 4. The summed E-state index contributed by atoms with van der Waals surface area (Å²) in [6.45, 7) is 4.93. The third kappa shape index (κ3) is 4.41. The van der Waals surface area contributed by atoms with Crippen LogP contribution in [0.5, 0.6) is 0 Å². The van der Waals surface area contributed by atoms with Gasteiger partial charge in [0.2, 0.25) is 5.91 Å². The predicted octanol–water partition coefficient (Wildman–Crippen LogP) is 3.53. The minimum absolute atomic E-state index is 0.0344. The van der Waals surface area contributed by atoms with E-state index in [0.717, 1.165) is 34.8 Å². The number of aryl methyl sites for hydroxylation is 1. The van der Waals surface area contributed by atoms with E-state index in [0.29, 0.717) is 18.1 Å². The predicted molar refractivity (Wildman–Crippen MR) is 117 cm³/mol. The van der Waals surface area contributed by atoms with Crippen LogP contribution in [-0.4, -0.2) is 44.3 Å². The number of amides is 2. The Kier molecular flexibility index (Phi) is 6.19. The van der Waals surface area contributed by atoms with Crippen LogP contribution in [0.3, 0.4) is 0 Å². The van der Waals surface area contributed by atoms with Crippen LogP contribution in [0.2, 0.25) is 0 Å². The summed E-state index contributed by atoms with van der Waals surface area (Å²) in [5.41, 5.74) is 2.79. The third-order valence-electron chi connectivity index (χ3n) is 5.37. The number of carbonyl (C=O) groups excluding carboxylic acids is 2. The number of carbonyl (C=O) groups is 2. The standard InChI is InChI=1S/C21H23N5O2S2/c1-13-5-6-15(10-23-13)17-12-30-18(25-17)11-24-19(27)16-4-3-8-26(14(16)2)21(28)20-22-7-9-29-20/h5-7,9-10,12,14,16H,3-4,8,11H2,1-2H3,(H,24,27)/t14-,16-/m0/s1. The van der Waals surface area contributed by atoms with Crippen molar-refractivity contribution in [3.63, 3.8) is 0 Å². The molecule has 1 aliphatic heterocycles. The molecule has 2 atom stereocenters. The lowest BCUT2D eigenvalue weighted by molar-refractivity contribution is -0.128. The Labute approximate surface area is 183 Å². The zero-order valence-corrected chi connectivity index (χ0v) is 18.5. The van der Waals surface area contributed by atoms with Crippen LogP contribution in [0.1, 0.15) is 40.3 Å². The van der Waals surface area contributed by atoms with E-state index in [1.165, 1.54) is 22.7 Å². The molecular formula is C21H23N5O2S2. The summed E-state index contributed by atoms with van der Waals surface area (Å²) in [7, 11) is 0. The molecule has 1 aliphatic rings. The van der Waals surface area contributed by atoms with E-state index in [1.54, 1.807) is 16.5 Å². The lowest BCUT2D eigenvalue weighted by Gasteiger charge is -2.38. The van der Waals surface area contributed by atoms with Gasteiger partial charge in [0.15, 0.2) is 5.01 Å². The molecule has 0 bridgehead atoms. The molecule has 30 heavy (non-hydrogen) atoms. The summed E-state index contributed by atoms with van der Waals surface area (Å²) in [6, 6.07) is 3.79. The van der Waals surface area contributed by atoms with Gasteiger partial charge in [0.05, 0.1) is 18.2 Å². The van der Waals surface area contributed by atoms with Crippen molar-refractivity contribution < 1.29 is 9.59 Å². The van der Waals surface area contributed by atoms with Crippen molar-refractivity contribution in [2.24, 2.45) is 5.92 Å². The monoisotopic (exact) mass is 441 g/mol. The van der Waals surface area contributed by atoms with Crippen molar-refractivity contribution in [2.75, 3.05) is 6.54 Å². The molecule has 2 amide bonds. The van der Waals surface area contributed by atoms with Gasteiger partial charge in [-0.3, -0.25) is 14.6 Å². The van der Waals surface area contributed by atoms with Crippen molar-refractivity contribution in [3.8, 4) is 11.3 Å². The van der Waals surface area contributed by atoms with Crippen LogP contribution < -0.4 is 5.32 Å². The Morgan fingerprint density at radius 1 is 1.27 bits per heavy atom. The lowest BCUT2D eigenvalue weighted by atomic mass is 9.89. The Morgan fingerprint density at radius 2 is 2.13 bits per heavy atom. The van der Waals surface area contributed by atoms with Gasteiger partial charge in [-0.1, -0.05) is 0 Å². The van der Waals surface area contributed by atoms with E-state index in [2.05, 4.69) is 20.3 Å². The quantitative estimate of drug-likeness (QED) is 0.654. The zero-order chi connectivity index (χ0) is 21.1. The number of hydrogen-bond donors (Lipinski definition) is 1. The molecule has 3 aromatic heterocycles. The lowest BCUT2D eigenvalue weighted by Crippen LogP contribution is -2.51. The highest BCUT2D eigenvalue weighted by atomic mass is 32.1. The van der Waals surface area contributed by atoms with E-state index in [9.17, 15) is 9.59 Å². The number of likely N-dealkylation sites (tertiary alicyclic amines) is 1. The topological polar surface area (TPSA) is 88.1 Å². The first-order valence-corrected chi connectivity index (χ1v) is 11.6. The van der Waals surface area contributed by atoms with Gasteiger partial charge < -0.3 is 10.2 Å². The van der Waals surface area contributed by atoms with Crippen LogP contribution in [0.4, 0.5) is 0 Å². The van der Waals surface area contributed by atoms with E-state index in [4.69, 9.17) is 0 Å². The van der Waals surface area contributed by atoms with Crippen LogP contribution in [0.15, 0.2) is 35.3 Å². The molecule has 0 saturated carbocycles. The van der Waals surface area contributed by atoms with Crippen LogP contribution in [0.25, 0.3) is 11.3 Å². The molecule has 1 saturated heterocycles. The molecule has 156 valence electrons. The summed E-state index contributed by atoms with van der Waals surface area (Å²) in [6.07, 6.45) is 5.02. The minimum Gasteiger partial charge on any atom is -0.349 e. The number of piperidine rings is 1. The molecular weight excluding hydrogens is 418 g/mol. The first kappa shape index (κ1) is 20.6. The highest BCUT2D eigenvalue weighted by Crippen LogP contribution is 2.26. The van der Waals surface area contributed by atoms with Crippen molar-refractivity contribution in [3.05, 3.63) is 51.0 Å². The summed E-state index contributed by atoms with van der Waals surface area (Å²) in [5, 5.41) is 8.10. The van der Waals surface area contributed by atoms with Crippen molar-refractivity contribution >= 4 is 34.5 Å². The van der Waals surface area contributed by atoms with E-state index >= 15 is 0 Å². The van der Waals surface area contributed by atoms with Gasteiger partial charge in [0.1, 0.15) is 5.01 Å². The molecule has 4 rings (SSSR count). The molecule has 0 unspecified atom stereocenters. The molecule has 0 aromatic carbocycles. The van der Waals surface area contributed by atoms with Gasteiger partial charge >= 0.3 is 0 Å². The molecule has 9 heteroatoms. The molecule has 0 spiro atoms. The number of pyridine rings is 1. The Morgan fingerprint density at radius 3 is 2.87 bits per heavy atom. The molecule has 1 N–H and O–H groups in total. The van der Waals surface area contributed by atoms with Crippen molar-refractivity contribution in [2.45, 2.75) is 39.3 Å². The largest absolute Gasteiger partial charge is 0.349 e. The van der Waals surface area contributed by atoms with E-state index < -0.39 is 0 Å². The highest BCUT2D eigenvalue weighted by molar-refractivity contribution is 7.11. The van der Waals surface area contributed by atoms with Crippen LogP contribution in [-0.2, 0) is 11.3 Å². The minimum atomic E-state index is -0.233. The average Bonchev–Trinajstić information content (AvgIpc) is 3.45. The Bertz CT molecular complexity index is 1020. The maximum Gasteiger partial charge on any atom is 0.283 e.